The van der Waals surface area contributed by atoms with Crippen molar-refractivity contribution in [2.24, 2.45) is 0 Å². The highest BCUT2D eigenvalue weighted by Gasteiger charge is 2.32. The number of nitrogens with zero attached hydrogens (tertiary/aromatic N) is 1. The minimum Gasteiger partial charge on any atom is -0.405 e. The molecule has 0 atom stereocenters. The van der Waals surface area contributed by atoms with Gasteiger partial charge >= 0.3 is 6.36 Å². The molecule has 1 heterocycles. The van der Waals surface area contributed by atoms with Crippen LogP contribution in [0.25, 0.3) is 11.3 Å². The van der Waals surface area contributed by atoms with Gasteiger partial charge in [0.2, 0.25) is 0 Å². The number of hydrogen-bond donors (Lipinski definition) is 0. The van der Waals surface area contributed by atoms with Crippen LogP contribution in [0.3, 0.4) is 0 Å². The highest BCUT2D eigenvalue weighted by Crippen LogP contribution is 2.35. The summed E-state index contributed by atoms with van der Waals surface area (Å²) >= 11 is 5.77. The van der Waals surface area contributed by atoms with Crippen molar-refractivity contribution < 1.29 is 22.3 Å². The molecule has 0 saturated heterocycles. The lowest BCUT2D eigenvalue weighted by Crippen LogP contribution is -2.17. The van der Waals surface area contributed by atoms with Crippen molar-refractivity contribution in [1.29, 1.82) is 0 Å². The smallest absolute Gasteiger partial charge is 0.405 e. The summed E-state index contributed by atoms with van der Waals surface area (Å²) in [5.74, 6) is -1.13. The van der Waals surface area contributed by atoms with Crippen molar-refractivity contribution >= 4 is 11.6 Å². The Kier molecular flexibility index (Phi) is 3.61. The Hall–Kier alpha value is -1.82. The lowest BCUT2D eigenvalue weighted by atomic mass is 10.1. The molecule has 1 aromatic heterocycles. The summed E-state index contributed by atoms with van der Waals surface area (Å²) in [6, 6.07) is 6.33. The number of halogens is 5. The maximum Gasteiger partial charge on any atom is 0.573 e. The van der Waals surface area contributed by atoms with Gasteiger partial charge in [0.1, 0.15) is 11.6 Å². The van der Waals surface area contributed by atoms with Crippen LogP contribution in [0.15, 0.2) is 36.5 Å². The summed E-state index contributed by atoms with van der Waals surface area (Å²) in [7, 11) is 0. The Morgan fingerprint density at radius 1 is 1.16 bits per heavy atom. The molecule has 0 unspecified atom stereocenters. The fraction of sp³-hybridized carbons (Fsp3) is 0.0833. The second kappa shape index (κ2) is 5.05. The van der Waals surface area contributed by atoms with Crippen LogP contribution < -0.4 is 4.74 Å². The van der Waals surface area contributed by atoms with Crippen LogP contribution in [0, 0.1) is 5.82 Å². The Bertz CT molecular complexity index is 601. The summed E-state index contributed by atoms with van der Waals surface area (Å²) < 4.78 is 53.6. The highest BCUT2D eigenvalue weighted by atomic mass is 35.5. The van der Waals surface area contributed by atoms with Crippen LogP contribution >= 0.6 is 11.6 Å². The van der Waals surface area contributed by atoms with Crippen LogP contribution in [-0.2, 0) is 0 Å². The summed E-state index contributed by atoms with van der Waals surface area (Å²) in [6.07, 6.45) is -3.96. The Morgan fingerprint density at radius 3 is 2.47 bits per heavy atom. The zero-order valence-corrected chi connectivity index (χ0v) is 9.97. The van der Waals surface area contributed by atoms with E-state index in [0.717, 1.165) is 18.3 Å². The molecule has 0 amide bonds. The monoisotopic (exact) mass is 291 g/mol. The second-order valence-electron chi connectivity index (χ2n) is 3.53. The molecule has 7 heteroatoms. The molecule has 0 spiro atoms. The first-order valence-corrected chi connectivity index (χ1v) is 5.41. The first-order chi connectivity index (χ1) is 8.87. The summed E-state index contributed by atoms with van der Waals surface area (Å²) in [6.45, 7) is 0. The van der Waals surface area contributed by atoms with Gasteiger partial charge in [0.25, 0.3) is 0 Å². The molecule has 0 aliphatic heterocycles. The average Bonchev–Trinajstić information content (AvgIpc) is 2.28. The molecule has 0 fully saturated rings. The molecule has 2 rings (SSSR count). The molecule has 2 aromatic rings. The Morgan fingerprint density at radius 2 is 1.84 bits per heavy atom. The number of ether oxygens (including phenoxy) is 1. The van der Waals surface area contributed by atoms with Crippen molar-refractivity contribution in [2.45, 2.75) is 6.36 Å². The molecule has 2 nitrogen and oxygen atoms in total. The topological polar surface area (TPSA) is 22.1 Å². The molecule has 1 aromatic carbocycles. The lowest BCUT2D eigenvalue weighted by molar-refractivity contribution is -0.274. The number of hydrogen-bond acceptors (Lipinski definition) is 2. The fourth-order valence-electron chi connectivity index (χ4n) is 1.49. The largest absolute Gasteiger partial charge is 0.573 e. The predicted octanol–water partition coefficient (Wildman–Crippen LogP) is 4.44. The van der Waals surface area contributed by atoms with Gasteiger partial charge in [0.05, 0.1) is 16.9 Å². The zero-order valence-electron chi connectivity index (χ0n) is 9.21. The predicted molar refractivity (Wildman–Crippen MR) is 61.3 cm³/mol. The SMILES string of the molecule is Fc1cnc(-c2ccccc2OC(F)(F)F)c(Cl)c1. The van der Waals surface area contributed by atoms with Gasteiger partial charge in [-0.1, -0.05) is 23.7 Å². The van der Waals surface area contributed by atoms with Crippen LogP contribution in [0.4, 0.5) is 17.6 Å². The first kappa shape index (κ1) is 13.6. The van der Waals surface area contributed by atoms with Crippen molar-refractivity contribution in [3.05, 3.63) is 47.4 Å². The van der Waals surface area contributed by atoms with Gasteiger partial charge < -0.3 is 4.74 Å². The molecule has 0 N–H and O–H groups in total. The Balaban J connectivity index is 2.50. The zero-order chi connectivity index (χ0) is 14.0. The molecule has 0 radical (unpaired) electrons. The van der Waals surface area contributed by atoms with Gasteiger partial charge in [0, 0.05) is 5.56 Å². The first-order valence-electron chi connectivity index (χ1n) is 5.03. The number of para-hydroxylation sites is 1. The highest BCUT2D eigenvalue weighted by molar-refractivity contribution is 6.33. The van der Waals surface area contributed by atoms with Crippen molar-refractivity contribution in [3.63, 3.8) is 0 Å². The van der Waals surface area contributed by atoms with Crippen molar-refractivity contribution in [1.82, 2.24) is 4.98 Å². The summed E-state index contributed by atoms with van der Waals surface area (Å²) in [4.78, 5) is 3.68. The molecule has 100 valence electrons. The van der Waals surface area contributed by atoms with E-state index in [9.17, 15) is 17.6 Å². The van der Waals surface area contributed by atoms with E-state index in [0.29, 0.717) is 0 Å². The van der Waals surface area contributed by atoms with Crippen LogP contribution in [0.5, 0.6) is 5.75 Å². The van der Waals surface area contributed by atoms with Crippen LogP contribution in [-0.4, -0.2) is 11.3 Å². The van der Waals surface area contributed by atoms with Gasteiger partial charge in [0.15, 0.2) is 0 Å². The summed E-state index contributed by atoms with van der Waals surface area (Å²) in [5.41, 5.74) is 0.0488. The van der Waals surface area contributed by atoms with E-state index in [-0.39, 0.29) is 16.3 Å². The van der Waals surface area contributed by atoms with Gasteiger partial charge in [-0.2, -0.15) is 0 Å². The molecule has 0 bridgehead atoms. The van der Waals surface area contributed by atoms with E-state index in [4.69, 9.17) is 11.6 Å². The van der Waals surface area contributed by atoms with E-state index in [2.05, 4.69) is 9.72 Å². The molecular weight excluding hydrogens is 286 g/mol. The molecular formula is C12H6ClF4NO. The number of alkyl halides is 3. The molecule has 0 aliphatic carbocycles. The van der Waals surface area contributed by atoms with Crippen LogP contribution in [0.2, 0.25) is 5.02 Å². The average molecular weight is 292 g/mol. The van der Waals surface area contributed by atoms with Gasteiger partial charge in [-0.05, 0) is 18.2 Å². The minimum atomic E-state index is -4.83. The van der Waals surface area contributed by atoms with Crippen LogP contribution in [0.1, 0.15) is 0 Å². The maximum absolute atomic E-state index is 12.9. The standard InChI is InChI=1S/C12H6ClF4NO/c13-9-5-7(14)6-18-11(9)8-3-1-2-4-10(8)19-12(15,16)17/h1-6H. The van der Waals surface area contributed by atoms with E-state index >= 15 is 0 Å². The lowest BCUT2D eigenvalue weighted by Gasteiger charge is -2.13. The van der Waals surface area contributed by atoms with Crippen molar-refractivity contribution in [2.75, 3.05) is 0 Å². The number of rotatable bonds is 2. The van der Waals surface area contributed by atoms with E-state index < -0.39 is 17.9 Å². The second-order valence-corrected chi connectivity index (χ2v) is 3.94. The quantitative estimate of drug-likeness (QED) is 0.763. The number of benzene rings is 1. The number of aromatic nitrogens is 1. The van der Waals surface area contributed by atoms with Gasteiger partial charge in [-0.3, -0.25) is 4.98 Å². The van der Waals surface area contributed by atoms with Gasteiger partial charge in [-0.25, -0.2) is 4.39 Å². The van der Waals surface area contributed by atoms with E-state index in [1.165, 1.54) is 18.2 Å². The van der Waals surface area contributed by atoms with E-state index in [1.54, 1.807) is 0 Å². The summed E-state index contributed by atoms with van der Waals surface area (Å²) in [5, 5.41) is -0.0989. The molecule has 0 aliphatic rings. The minimum absolute atomic E-state index is 0.0166. The van der Waals surface area contributed by atoms with Crippen molar-refractivity contribution in [3.8, 4) is 17.0 Å². The Labute approximate surface area is 110 Å². The fourth-order valence-corrected chi connectivity index (χ4v) is 1.74. The third kappa shape index (κ3) is 3.35. The maximum atomic E-state index is 12.9. The van der Waals surface area contributed by atoms with E-state index in [1.807, 2.05) is 0 Å². The van der Waals surface area contributed by atoms with Gasteiger partial charge in [-0.15, -0.1) is 13.2 Å². The molecule has 0 saturated carbocycles. The number of pyridine rings is 1. The molecule has 19 heavy (non-hydrogen) atoms. The third-order valence-corrected chi connectivity index (χ3v) is 2.46. The third-order valence-electron chi connectivity index (χ3n) is 2.18. The normalized spacial score (nSPS) is 11.4.